The molecular formula is C16H28IN5OS. The van der Waals surface area contributed by atoms with Crippen molar-refractivity contribution >= 4 is 47.3 Å². The molecule has 0 spiro atoms. The van der Waals surface area contributed by atoms with Gasteiger partial charge >= 0.3 is 6.03 Å². The van der Waals surface area contributed by atoms with Crippen LogP contribution in [0.1, 0.15) is 37.5 Å². The summed E-state index contributed by atoms with van der Waals surface area (Å²) in [5.41, 5.74) is 5.32. The van der Waals surface area contributed by atoms with Gasteiger partial charge in [0.1, 0.15) is 0 Å². The van der Waals surface area contributed by atoms with E-state index in [1.807, 2.05) is 0 Å². The number of carbonyl (C=O) groups is 1. The number of guanidine groups is 1. The van der Waals surface area contributed by atoms with Crippen molar-refractivity contribution in [1.82, 2.24) is 15.5 Å². The van der Waals surface area contributed by atoms with E-state index in [0.717, 1.165) is 31.9 Å². The summed E-state index contributed by atoms with van der Waals surface area (Å²) in [6.07, 6.45) is 1.79. The normalized spacial score (nSPS) is 17.1. The second-order valence-corrected chi connectivity index (χ2v) is 6.86. The molecule has 1 unspecified atom stereocenters. The summed E-state index contributed by atoms with van der Waals surface area (Å²) < 4.78 is 0. The molecule has 2 amide bonds. The molecule has 24 heavy (non-hydrogen) atoms. The highest BCUT2D eigenvalue weighted by molar-refractivity contribution is 14.0. The average molecular weight is 465 g/mol. The molecule has 0 aromatic carbocycles. The summed E-state index contributed by atoms with van der Waals surface area (Å²) in [6.45, 7) is 7.27. The Balaban J connectivity index is 0.00000288. The summed E-state index contributed by atoms with van der Waals surface area (Å²) in [5, 5.41) is 8.88. The molecule has 8 heteroatoms. The van der Waals surface area contributed by atoms with Crippen LogP contribution >= 0.6 is 35.3 Å². The molecule has 1 aliphatic heterocycles. The molecule has 1 saturated heterocycles. The molecule has 6 nitrogen and oxygen atoms in total. The van der Waals surface area contributed by atoms with Gasteiger partial charge in [-0.3, -0.25) is 4.99 Å². The quantitative estimate of drug-likeness (QED) is 0.355. The number of amides is 2. The Morgan fingerprint density at radius 2 is 2.21 bits per heavy atom. The maximum absolute atomic E-state index is 11.2. The molecule has 136 valence electrons. The minimum atomic E-state index is -0.325. The van der Waals surface area contributed by atoms with E-state index in [4.69, 9.17) is 10.7 Å². The highest BCUT2D eigenvalue weighted by Crippen LogP contribution is 2.20. The van der Waals surface area contributed by atoms with Gasteiger partial charge in [-0.05, 0) is 31.2 Å². The number of urea groups is 1. The topological polar surface area (TPSA) is 82.8 Å². The van der Waals surface area contributed by atoms with E-state index < -0.39 is 0 Å². The first kappa shape index (κ1) is 21.0. The van der Waals surface area contributed by atoms with Crippen LogP contribution in [0, 0.1) is 0 Å². The van der Waals surface area contributed by atoms with E-state index in [1.165, 1.54) is 4.88 Å². The lowest BCUT2D eigenvalue weighted by molar-refractivity contribution is 0.188. The number of likely N-dealkylation sites (tertiary alicyclic amines) is 1. The second-order valence-electron chi connectivity index (χ2n) is 5.88. The van der Waals surface area contributed by atoms with Gasteiger partial charge in [0.15, 0.2) is 5.96 Å². The van der Waals surface area contributed by atoms with Gasteiger partial charge in [-0.15, -0.1) is 35.3 Å². The second kappa shape index (κ2) is 10.8. The summed E-state index contributed by atoms with van der Waals surface area (Å²) in [4.78, 5) is 18.9. The summed E-state index contributed by atoms with van der Waals surface area (Å²) in [7, 11) is 0. The standard InChI is InChI=1S/C16H27N5OS.HI/c1-3-18-16(19-11-12(2)14-5-4-10-23-14)20-13-6-8-21(9-7-13)15(17)22;/h4-5,10,12-13H,3,6-9,11H2,1-2H3,(H2,17,22)(H2,18,19,20);1H. The molecule has 4 N–H and O–H groups in total. The molecule has 2 heterocycles. The molecule has 0 bridgehead atoms. The lowest BCUT2D eigenvalue weighted by Gasteiger charge is -2.32. The number of nitrogens with zero attached hydrogens (tertiary/aromatic N) is 2. The summed E-state index contributed by atoms with van der Waals surface area (Å²) in [5.74, 6) is 1.27. The van der Waals surface area contributed by atoms with Crippen molar-refractivity contribution in [3.05, 3.63) is 22.4 Å². The maximum atomic E-state index is 11.2. The third-order valence-electron chi connectivity index (χ3n) is 4.04. The number of rotatable bonds is 5. The number of hydrogen-bond donors (Lipinski definition) is 3. The smallest absolute Gasteiger partial charge is 0.314 e. The fourth-order valence-corrected chi connectivity index (χ4v) is 3.43. The van der Waals surface area contributed by atoms with E-state index in [-0.39, 0.29) is 30.0 Å². The Kier molecular flexibility index (Phi) is 9.42. The molecular weight excluding hydrogens is 437 g/mol. The highest BCUT2D eigenvalue weighted by atomic mass is 127. The van der Waals surface area contributed by atoms with Crippen LogP contribution in [-0.4, -0.2) is 49.1 Å². The van der Waals surface area contributed by atoms with Gasteiger partial charge < -0.3 is 21.3 Å². The van der Waals surface area contributed by atoms with Crippen molar-refractivity contribution in [1.29, 1.82) is 0 Å². The van der Waals surface area contributed by atoms with Crippen molar-refractivity contribution in [2.45, 2.75) is 38.6 Å². The molecule has 1 atom stereocenters. The van der Waals surface area contributed by atoms with Gasteiger partial charge in [0, 0.05) is 36.5 Å². The molecule has 0 aliphatic carbocycles. The number of hydrogen-bond acceptors (Lipinski definition) is 3. The number of thiophene rings is 1. The Labute approximate surface area is 165 Å². The van der Waals surface area contributed by atoms with Crippen LogP contribution in [0.3, 0.4) is 0 Å². The zero-order valence-corrected chi connectivity index (χ0v) is 17.5. The van der Waals surface area contributed by atoms with E-state index in [1.54, 1.807) is 16.2 Å². The number of nitrogens with one attached hydrogen (secondary N) is 2. The van der Waals surface area contributed by atoms with Crippen molar-refractivity contribution in [3.8, 4) is 0 Å². The predicted octanol–water partition coefficient (Wildman–Crippen LogP) is 2.57. The van der Waals surface area contributed by atoms with Crippen molar-refractivity contribution < 1.29 is 4.79 Å². The SMILES string of the molecule is CCNC(=NCC(C)c1cccs1)NC1CCN(C(N)=O)CC1.I. The number of aliphatic imine (C=N–C) groups is 1. The van der Waals surface area contributed by atoms with Crippen LogP contribution in [-0.2, 0) is 0 Å². The summed E-state index contributed by atoms with van der Waals surface area (Å²) >= 11 is 1.78. The van der Waals surface area contributed by atoms with E-state index >= 15 is 0 Å². The Bertz CT molecular complexity index is 515. The fourth-order valence-electron chi connectivity index (χ4n) is 2.65. The first-order valence-corrected chi connectivity index (χ1v) is 9.10. The van der Waals surface area contributed by atoms with Gasteiger partial charge in [-0.25, -0.2) is 4.79 Å². The zero-order valence-electron chi connectivity index (χ0n) is 14.3. The number of carbonyl (C=O) groups excluding carboxylic acids is 1. The average Bonchev–Trinajstić information content (AvgIpc) is 3.07. The number of piperidine rings is 1. The van der Waals surface area contributed by atoms with Gasteiger partial charge in [-0.2, -0.15) is 0 Å². The van der Waals surface area contributed by atoms with Crippen LogP contribution in [0.5, 0.6) is 0 Å². The van der Waals surface area contributed by atoms with E-state index in [0.29, 0.717) is 25.0 Å². The lowest BCUT2D eigenvalue weighted by Crippen LogP contribution is -2.50. The molecule has 1 aromatic rings. The monoisotopic (exact) mass is 465 g/mol. The van der Waals surface area contributed by atoms with Crippen LogP contribution < -0.4 is 16.4 Å². The van der Waals surface area contributed by atoms with Crippen LogP contribution in [0.15, 0.2) is 22.5 Å². The number of halogens is 1. The van der Waals surface area contributed by atoms with E-state index in [9.17, 15) is 4.79 Å². The molecule has 0 radical (unpaired) electrons. The van der Waals surface area contributed by atoms with Crippen molar-refractivity contribution in [2.24, 2.45) is 10.7 Å². The minimum Gasteiger partial charge on any atom is -0.357 e. The third kappa shape index (κ3) is 6.46. The van der Waals surface area contributed by atoms with Gasteiger partial charge in [0.05, 0.1) is 6.54 Å². The van der Waals surface area contributed by atoms with Crippen LogP contribution in [0.4, 0.5) is 4.79 Å². The van der Waals surface area contributed by atoms with E-state index in [2.05, 4.69) is 42.0 Å². The largest absolute Gasteiger partial charge is 0.357 e. The maximum Gasteiger partial charge on any atom is 0.314 e. The van der Waals surface area contributed by atoms with Gasteiger partial charge in [0.2, 0.25) is 0 Å². The Hall–Kier alpha value is -1.03. The molecule has 0 saturated carbocycles. The molecule has 1 aliphatic rings. The molecule has 2 rings (SSSR count). The zero-order chi connectivity index (χ0) is 16.7. The molecule has 1 fully saturated rings. The van der Waals surface area contributed by atoms with Gasteiger partial charge in [-0.1, -0.05) is 13.0 Å². The predicted molar refractivity (Wildman–Crippen MR) is 111 cm³/mol. The fraction of sp³-hybridized carbons (Fsp3) is 0.625. The first-order chi connectivity index (χ1) is 11.1. The molecule has 1 aromatic heterocycles. The number of nitrogens with two attached hydrogens (primary N) is 1. The minimum absolute atomic E-state index is 0. The Morgan fingerprint density at radius 1 is 1.50 bits per heavy atom. The highest BCUT2D eigenvalue weighted by Gasteiger charge is 2.21. The van der Waals surface area contributed by atoms with Crippen LogP contribution in [0.2, 0.25) is 0 Å². The Morgan fingerprint density at radius 3 is 2.75 bits per heavy atom. The third-order valence-corrected chi connectivity index (χ3v) is 5.15. The van der Waals surface area contributed by atoms with Crippen LogP contribution in [0.25, 0.3) is 0 Å². The lowest BCUT2D eigenvalue weighted by atomic mass is 10.1. The number of primary amides is 1. The first-order valence-electron chi connectivity index (χ1n) is 8.22. The van der Waals surface area contributed by atoms with Crippen molar-refractivity contribution in [2.75, 3.05) is 26.2 Å². The van der Waals surface area contributed by atoms with Crippen molar-refractivity contribution in [3.63, 3.8) is 0 Å². The summed E-state index contributed by atoms with van der Waals surface area (Å²) in [6, 6.07) is 4.25. The van der Waals surface area contributed by atoms with Gasteiger partial charge in [0.25, 0.3) is 0 Å².